The van der Waals surface area contributed by atoms with Gasteiger partial charge in [-0.05, 0) is 31.9 Å². The number of aryl methyl sites for hydroxylation is 1. The van der Waals surface area contributed by atoms with Crippen molar-refractivity contribution in [1.82, 2.24) is 9.97 Å². The van der Waals surface area contributed by atoms with Crippen LogP contribution in [0.15, 0.2) is 24.4 Å². The molecule has 1 aliphatic carbocycles. The van der Waals surface area contributed by atoms with Crippen molar-refractivity contribution in [3.05, 3.63) is 30.0 Å². The number of benzene rings is 1. The highest BCUT2D eigenvalue weighted by molar-refractivity contribution is 5.61. The van der Waals surface area contributed by atoms with E-state index in [2.05, 4.69) is 20.6 Å². The third kappa shape index (κ3) is 3.31. The summed E-state index contributed by atoms with van der Waals surface area (Å²) in [4.78, 5) is 8.93. The molecule has 1 aromatic heterocycles. The summed E-state index contributed by atoms with van der Waals surface area (Å²) < 4.78 is 11.4. The fourth-order valence-corrected chi connectivity index (χ4v) is 2.44. The van der Waals surface area contributed by atoms with E-state index in [1.54, 1.807) is 0 Å². The molecule has 1 fully saturated rings. The SMILES string of the molecule is Cc1cnc(Nc2ccc3c(c2)OCCCO3)nc1NC1CC1. The zero-order valence-electron chi connectivity index (χ0n) is 13.1. The number of ether oxygens (including phenoxy) is 2. The molecule has 0 radical (unpaired) electrons. The maximum atomic E-state index is 5.71. The van der Waals surface area contributed by atoms with Gasteiger partial charge in [-0.3, -0.25) is 0 Å². The van der Waals surface area contributed by atoms with Gasteiger partial charge in [-0.25, -0.2) is 4.98 Å². The van der Waals surface area contributed by atoms with Gasteiger partial charge in [-0.2, -0.15) is 4.98 Å². The van der Waals surface area contributed by atoms with Crippen molar-refractivity contribution in [3.63, 3.8) is 0 Å². The molecule has 0 amide bonds. The maximum Gasteiger partial charge on any atom is 0.229 e. The lowest BCUT2D eigenvalue weighted by molar-refractivity contribution is 0.297. The van der Waals surface area contributed by atoms with Crippen LogP contribution in [0.2, 0.25) is 0 Å². The second-order valence-electron chi connectivity index (χ2n) is 5.98. The van der Waals surface area contributed by atoms with Gasteiger partial charge in [0.05, 0.1) is 13.2 Å². The second-order valence-corrected chi connectivity index (χ2v) is 5.98. The van der Waals surface area contributed by atoms with Crippen molar-refractivity contribution >= 4 is 17.5 Å². The number of hydrogen-bond donors (Lipinski definition) is 2. The van der Waals surface area contributed by atoms with Crippen LogP contribution in [0, 0.1) is 6.92 Å². The summed E-state index contributed by atoms with van der Waals surface area (Å²) in [6, 6.07) is 6.36. The Kier molecular flexibility index (Phi) is 3.65. The van der Waals surface area contributed by atoms with Gasteiger partial charge in [0.15, 0.2) is 11.5 Å². The van der Waals surface area contributed by atoms with Crippen LogP contribution in [-0.4, -0.2) is 29.2 Å². The van der Waals surface area contributed by atoms with E-state index in [4.69, 9.17) is 9.47 Å². The molecule has 0 saturated heterocycles. The largest absolute Gasteiger partial charge is 0.490 e. The molecule has 2 N–H and O–H groups in total. The van der Waals surface area contributed by atoms with Gasteiger partial charge >= 0.3 is 0 Å². The summed E-state index contributed by atoms with van der Waals surface area (Å²) in [5, 5.41) is 6.67. The van der Waals surface area contributed by atoms with Crippen molar-refractivity contribution < 1.29 is 9.47 Å². The van der Waals surface area contributed by atoms with Crippen LogP contribution < -0.4 is 20.1 Å². The Bertz CT molecular complexity index is 716. The van der Waals surface area contributed by atoms with E-state index in [-0.39, 0.29) is 0 Å². The van der Waals surface area contributed by atoms with E-state index >= 15 is 0 Å². The standard InChI is InChI=1S/C17H20N4O2/c1-11-10-18-17(21-16(11)19-12-3-4-12)20-13-5-6-14-15(9-13)23-8-2-7-22-14/h5-6,9-10,12H,2-4,7-8H2,1H3,(H2,18,19,20,21). The minimum Gasteiger partial charge on any atom is -0.490 e. The smallest absolute Gasteiger partial charge is 0.229 e. The van der Waals surface area contributed by atoms with Crippen molar-refractivity contribution in [2.75, 3.05) is 23.8 Å². The lowest BCUT2D eigenvalue weighted by atomic mass is 10.2. The van der Waals surface area contributed by atoms with Crippen molar-refractivity contribution in [3.8, 4) is 11.5 Å². The molecule has 1 aromatic carbocycles. The summed E-state index contributed by atoms with van der Waals surface area (Å²) in [6.45, 7) is 3.38. The fraction of sp³-hybridized carbons (Fsp3) is 0.412. The summed E-state index contributed by atoms with van der Waals surface area (Å²) in [5.41, 5.74) is 1.94. The first-order chi connectivity index (χ1) is 11.3. The van der Waals surface area contributed by atoms with Gasteiger partial charge in [0.25, 0.3) is 0 Å². The molecule has 0 unspecified atom stereocenters. The monoisotopic (exact) mass is 312 g/mol. The highest BCUT2D eigenvalue weighted by atomic mass is 16.5. The van der Waals surface area contributed by atoms with Crippen LogP contribution in [0.4, 0.5) is 17.5 Å². The van der Waals surface area contributed by atoms with Crippen LogP contribution in [0.25, 0.3) is 0 Å². The van der Waals surface area contributed by atoms with E-state index in [0.717, 1.165) is 35.0 Å². The van der Waals surface area contributed by atoms with Gasteiger partial charge in [0, 0.05) is 36.0 Å². The van der Waals surface area contributed by atoms with Crippen molar-refractivity contribution in [2.24, 2.45) is 0 Å². The Hall–Kier alpha value is -2.50. The van der Waals surface area contributed by atoms with Crippen molar-refractivity contribution in [1.29, 1.82) is 0 Å². The van der Waals surface area contributed by atoms with Crippen LogP contribution in [0.1, 0.15) is 24.8 Å². The maximum absolute atomic E-state index is 5.71. The lowest BCUT2D eigenvalue weighted by Gasteiger charge is -2.12. The molecule has 2 aromatic rings. The predicted molar refractivity (Wildman–Crippen MR) is 88.7 cm³/mol. The van der Waals surface area contributed by atoms with Gasteiger partial charge in [0.1, 0.15) is 5.82 Å². The molecule has 0 bridgehead atoms. The molecule has 6 nitrogen and oxygen atoms in total. The van der Waals surface area contributed by atoms with E-state index in [9.17, 15) is 0 Å². The number of anilines is 3. The number of hydrogen-bond acceptors (Lipinski definition) is 6. The lowest BCUT2D eigenvalue weighted by Crippen LogP contribution is -2.07. The Morgan fingerprint density at radius 2 is 1.96 bits per heavy atom. The zero-order valence-corrected chi connectivity index (χ0v) is 13.1. The molecule has 6 heteroatoms. The number of nitrogens with zero attached hydrogens (tertiary/aromatic N) is 2. The molecule has 23 heavy (non-hydrogen) atoms. The fourth-order valence-electron chi connectivity index (χ4n) is 2.44. The highest BCUT2D eigenvalue weighted by Crippen LogP contribution is 2.33. The molecular weight excluding hydrogens is 292 g/mol. The summed E-state index contributed by atoms with van der Waals surface area (Å²) in [5.74, 6) is 3.03. The Morgan fingerprint density at radius 3 is 2.78 bits per heavy atom. The zero-order chi connectivity index (χ0) is 15.6. The van der Waals surface area contributed by atoms with E-state index in [1.807, 2.05) is 31.3 Å². The molecular formula is C17H20N4O2. The van der Waals surface area contributed by atoms with Gasteiger partial charge in [-0.1, -0.05) is 0 Å². The summed E-state index contributed by atoms with van der Waals surface area (Å²) in [7, 11) is 0. The molecule has 4 rings (SSSR count). The minimum absolute atomic E-state index is 0.564. The van der Waals surface area contributed by atoms with Crippen LogP contribution in [0.5, 0.6) is 11.5 Å². The van der Waals surface area contributed by atoms with Gasteiger partial charge in [-0.15, -0.1) is 0 Å². The quantitative estimate of drug-likeness (QED) is 0.903. The predicted octanol–water partition coefficient (Wildman–Crippen LogP) is 3.26. The van der Waals surface area contributed by atoms with Gasteiger partial charge in [0.2, 0.25) is 5.95 Å². The van der Waals surface area contributed by atoms with Gasteiger partial charge < -0.3 is 20.1 Å². The average molecular weight is 312 g/mol. The average Bonchev–Trinajstić information content (AvgIpc) is 3.37. The molecule has 0 spiro atoms. The van der Waals surface area contributed by atoms with Crippen LogP contribution in [-0.2, 0) is 0 Å². The minimum atomic E-state index is 0.564. The second kappa shape index (κ2) is 5.95. The molecule has 1 aliphatic heterocycles. The first-order valence-corrected chi connectivity index (χ1v) is 8.05. The Labute approximate surface area is 135 Å². The number of aromatic nitrogens is 2. The summed E-state index contributed by atoms with van der Waals surface area (Å²) >= 11 is 0. The Morgan fingerprint density at radius 1 is 1.13 bits per heavy atom. The first kappa shape index (κ1) is 14.1. The van der Waals surface area contributed by atoms with Crippen LogP contribution in [0.3, 0.4) is 0 Å². The van der Waals surface area contributed by atoms with Crippen LogP contribution >= 0.6 is 0 Å². The van der Waals surface area contributed by atoms with Crippen molar-refractivity contribution in [2.45, 2.75) is 32.2 Å². The molecule has 2 aliphatic rings. The molecule has 120 valence electrons. The van der Waals surface area contributed by atoms with E-state index < -0.39 is 0 Å². The highest BCUT2D eigenvalue weighted by Gasteiger charge is 2.22. The third-order valence-electron chi connectivity index (χ3n) is 3.89. The molecule has 2 heterocycles. The normalized spacial score (nSPS) is 16.6. The number of rotatable bonds is 4. The van der Waals surface area contributed by atoms with E-state index in [1.165, 1.54) is 12.8 Å². The first-order valence-electron chi connectivity index (χ1n) is 8.05. The molecule has 0 atom stereocenters. The Balaban J connectivity index is 1.54. The molecule has 1 saturated carbocycles. The third-order valence-corrected chi connectivity index (χ3v) is 3.89. The van der Waals surface area contributed by atoms with E-state index in [0.29, 0.717) is 25.2 Å². The summed E-state index contributed by atoms with van der Waals surface area (Å²) in [6.07, 6.45) is 5.17. The topological polar surface area (TPSA) is 68.3 Å². The number of fused-ring (bicyclic) bond motifs is 1. The number of nitrogens with one attached hydrogen (secondary N) is 2.